The Morgan fingerprint density at radius 2 is 2.36 bits per heavy atom. The average molecular weight is 322 g/mol. The molecule has 0 radical (unpaired) electrons. The van der Waals surface area contributed by atoms with E-state index in [1.54, 1.807) is 16.3 Å². The van der Waals surface area contributed by atoms with E-state index >= 15 is 0 Å². The van der Waals surface area contributed by atoms with E-state index in [0.717, 1.165) is 31.3 Å². The predicted octanol–water partition coefficient (Wildman–Crippen LogP) is 0.811. The molecule has 0 aliphatic carbocycles. The van der Waals surface area contributed by atoms with Crippen LogP contribution in [-0.4, -0.2) is 52.3 Å². The summed E-state index contributed by atoms with van der Waals surface area (Å²) in [5.41, 5.74) is -0.0719. The third-order valence-corrected chi connectivity index (χ3v) is 5.23. The molecule has 1 aromatic rings. The van der Waals surface area contributed by atoms with E-state index in [4.69, 9.17) is 0 Å². The molecule has 1 amide bonds. The Labute approximate surface area is 134 Å². The van der Waals surface area contributed by atoms with Gasteiger partial charge in [-0.2, -0.15) is 0 Å². The highest BCUT2D eigenvalue weighted by Crippen LogP contribution is 2.20. The molecule has 7 heteroatoms. The van der Waals surface area contributed by atoms with Crippen molar-refractivity contribution in [3.8, 4) is 0 Å². The minimum Gasteiger partial charge on any atom is -0.351 e. The quantitative estimate of drug-likeness (QED) is 0.831. The second kappa shape index (κ2) is 6.83. The molecule has 3 heterocycles. The Morgan fingerprint density at radius 1 is 1.50 bits per heavy atom. The van der Waals surface area contributed by atoms with Crippen molar-refractivity contribution < 1.29 is 4.79 Å². The maximum atomic E-state index is 12.2. The second-order valence-electron chi connectivity index (χ2n) is 6.06. The number of rotatable bonds is 4. The van der Waals surface area contributed by atoms with Crippen LogP contribution in [0.4, 0.5) is 0 Å². The second-order valence-corrected chi connectivity index (χ2v) is 7.13. The van der Waals surface area contributed by atoms with Crippen molar-refractivity contribution in [1.29, 1.82) is 0 Å². The van der Waals surface area contributed by atoms with E-state index < -0.39 is 0 Å². The molecule has 0 bridgehead atoms. The Balaban J connectivity index is 1.55. The number of carbonyl (C=O) groups is 1. The summed E-state index contributed by atoms with van der Waals surface area (Å²) < 4.78 is 1.59. The van der Waals surface area contributed by atoms with Crippen LogP contribution in [0.3, 0.4) is 0 Å². The van der Waals surface area contributed by atoms with Crippen LogP contribution in [0, 0.1) is 5.92 Å². The van der Waals surface area contributed by atoms with Crippen LogP contribution in [0.1, 0.15) is 30.1 Å². The first-order valence-electron chi connectivity index (χ1n) is 7.88. The summed E-state index contributed by atoms with van der Waals surface area (Å²) in [4.78, 5) is 31.0. The van der Waals surface area contributed by atoms with Crippen LogP contribution in [-0.2, 0) is 6.54 Å². The lowest BCUT2D eigenvalue weighted by Crippen LogP contribution is -2.41. The van der Waals surface area contributed by atoms with Crippen molar-refractivity contribution in [2.45, 2.75) is 31.5 Å². The zero-order valence-corrected chi connectivity index (χ0v) is 13.7. The van der Waals surface area contributed by atoms with Crippen LogP contribution < -0.4 is 10.9 Å². The minimum atomic E-state index is -0.310. The molecule has 0 spiro atoms. The molecule has 1 fully saturated rings. The zero-order chi connectivity index (χ0) is 15.5. The van der Waals surface area contributed by atoms with E-state index in [2.05, 4.69) is 22.1 Å². The number of carbonyl (C=O) groups excluding carboxylic acids is 1. The van der Waals surface area contributed by atoms with Gasteiger partial charge in [0.15, 0.2) is 5.16 Å². The summed E-state index contributed by atoms with van der Waals surface area (Å²) in [6.45, 7) is 6.50. The van der Waals surface area contributed by atoms with Gasteiger partial charge in [-0.05, 0) is 25.3 Å². The van der Waals surface area contributed by atoms with Crippen LogP contribution >= 0.6 is 11.8 Å². The normalized spacial score (nSPS) is 21.6. The van der Waals surface area contributed by atoms with Crippen LogP contribution in [0.2, 0.25) is 0 Å². The third-order valence-electron chi connectivity index (χ3n) is 4.26. The maximum Gasteiger partial charge on any atom is 0.267 e. The van der Waals surface area contributed by atoms with E-state index in [1.807, 2.05) is 0 Å². The summed E-state index contributed by atoms with van der Waals surface area (Å²) in [6, 6.07) is 0. The molecule has 1 atom stereocenters. The van der Waals surface area contributed by atoms with Crippen LogP contribution in [0.5, 0.6) is 0 Å². The number of amides is 1. The topological polar surface area (TPSA) is 67.2 Å². The van der Waals surface area contributed by atoms with Gasteiger partial charge >= 0.3 is 0 Å². The Hall–Kier alpha value is -1.34. The monoisotopic (exact) mass is 322 g/mol. The summed E-state index contributed by atoms with van der Waals surface area (Å²) in [6.07, 6.45) is 3.92. The average Bonchev–Trinajstić information content (AvgIpc) is 2.97. The Morgan fingerprint density at radius 3 is 3.18 bits per heavy atom. The molecular weight excluding hydrogens is 300 g/mol. The lowest BCUT2D eigenvalue weighted by atomic mass is 10.0. The number of likely N-dealkylation sites (tertiary alicyclic amines) is 1. The predicted molar refractivity (Wildman–Crippen MR) is 86.4 cm³/mol. The molecule has 1 aromatic heterocycles. The number of nitrogens with one attached hydrogen (secondary N) is 1. The number of hydrogen-bond acceptors (Lipinski definition) is 5. The smallest absolute Gasteiger partial charge is 0.267 e. The molecule has 1 N–H and O–H groups in total. The number of thioether (sulfide) groups is 1. The van der Waals surface area contributed by atoms with Gasteiger partial charge < -0.3 is 10.2 Å². The van der Waals surface area contributed by atoms with Crippen molar-refractivity contribution in [1.82, 2.24) is 19.8 Å². The molecule has 120 valence electrons. The van der Waals surface area contributed by atoms with Crippen molar-refractivity contribution in [2.24, 2.45) is 5.92 Å². The lowest BCUT2D eigenvalue weighted by molar-refractivity contribution is 0.0941. The Kier molecular flexibility index (Phi) is 4.83. The number of piperidine rings is 1. The molecule has 6 nitrogen and oxygen atoms in total. The van der Waals surface area contributed by atoms with Gasteiger partial charge in [0, 0.05) is 38.1 Å². The molecule has 1 saturated heterocycles. The van der Waals surface area contributed by atoms with Crippen molar-refractivity contribution in [3.05, 3.63) is 22.1 Å². The van der Waals surface area contributed by atoms with Crippen LogP contribution in [0.15, 0.2) is 16.1 Å². The number of aromatic nitrogens is 2. The Bertz CT molecular complexity index is 616. The highest BCUT2D eigenvalue weighted by atomic mass is 32.2. The summed E-state index contributed by atoms with van der Waals surface area (Å²) in [5.74, 6) is 1.27. The first-order valence-corrected chi connectivity index (χ1v) is 8.87. The minimum absolute atomic E-state index is 0.151. The highest BCUT2D eigenvalue weighted by molar-refractivity contribution is 7.99. The summed E-state index contributed by atoms with van der Waals surface area (Å²) >= 11 is 1.55. The molecule has 2 aliphatic heterocycles. The number of fused-ring (bicyclic) bond motifs is 1. The largest absolute Gasteiger partial charge is 0.351 e. The summed E-state index contributed by atoms with van der Waals surface area (Å²) in [5, 5.41) is 3.56. The fraction of sp³-hybridized carbons (Fsp3) is 0.667. The van der Waals surface area contributed by atoms with Crippen molar-refractivity contribution >= 4 is 17.7 Å². The van der Waals surface area contributed by atoms with Gasteiger partial charge in [-0.25, -0.2) is 4.98 Å². The van der Waals surface area contributed by atoms with Gasteiger partial charge in [-0.3, -0.25) is 14.2 Å². The molecule has 0 saturated carbocycles. The van der Waals surface area contributed by atoms with E-state index in [-0.39, 0.29) is 17.0 Å². The molecule has 1 unspecified atom stereocenters. The highest BCUT2D eigenvalue weighted by Gasteiger charge is 2.20. The first kappa shape index (κ1) is 15.6. The fourth-order valence-corrected chi connectivity index (χ4v) is 4.00. The van der Waals surface area contributed by atoms with Gasteiger partial charge in [-0.1, -0.05) is 18.7 Å². The molecule has 22 heavy (non-hydrogen) atoms. The lowest BCUT2D eigenvalue weighted by Gasteiger charge is -2.30. The number of nitrogens with zero attached hydrogens (tertiary/aromatic N) is 3. The summed E-state index contributed by atoms with van der Waals surface area (Å²) in [7, 11) is 0. The van der Waals surface area contributed by atoms with E-state index in [1.165, 1.54) is 19.0 Å². The van der Waals surface area contributed by atoms with E-state index in [0.29, 0.717) is 18.2 Å². The molecular formula is C15H22N4O2S. The number of hydrogen-bond donors (Lipinski definition) is 1. The third kappa shape index (κ3) is 3.35. The van der Waals surface area contributed by atoms with Gasteiger partial charge in [0.25, 0.3) is 11.5 Å². The van der Waals surface area contributed by atoms with Crippen molar-refractivity contribution in [3.63, 3.8) is 0 Å². The van der Waals surface area contributed by atoms with Crippen molar-refractivity contribution in [2.75, 3.05) is 31.9 Å². The standard InChI is InChI=1S/C15H22N4O2S/c1-11-3-2-5-18(10-11)6-4-16-13(20)12-9-17-15-19(14(12)21)7-8-22-15/h9,11H,2-8,10H2,1H3,(H,16,20). The van der Waals surface area contributed by atoms with Gasteiger partial charge in [0.2, 0.25) is 0 Å². The molecule has 2 aliphatic rings. The molecule has 0 aromatic carbocycles. The molecule has 3 rings (SSSR count). The van der Waals surface area contributed by atoms with E-state index in [9.17, 15) is 9.59 Å². The van der Waals surface area contributed by atoms with Gasteiger partial charge in [-0.15, -0.1) is 0 Å². The van der Waals surface area contributed by atoms with Gasteiger partial charge in [0.1, 0.15) is 5.56 Å². The SMILES string of the molecule is CC1CCCN(CCNC(=O)c2cnc3n(c2=O)CCS3)C1. The first-order chi connectivity index (χ1) is 10.6. The fourth-order valence-electron chi connectivity index (χ4n) is 3.09. The van der Waals surface area contributed by atoms with Crippen LogP contribution in [0.25, 0.3) is 0 Å². The zero-order valence-electron chi connectivity index (χ0n) is 12.9. The van der Waals surface area contributed by atoms with Gasteiger partial charge in [0.05, 0.1) is 0 Å². The maximum absolute atomic E-state index is 12.2.